The number of sulfonamides is 1. The Morgan fingerprint density at radius 3 is 2.47 bits per heavy atom. The molecule has 1 heterocycles. The fourth-order valence-corrected chi connectivity index (χ4v) is 4.78. The zero-order chi connectivity index (χ0) is 13.1. The maximum atomic E-state index is 11.7. The van der Waals surface area contributed by atoms with Gasteiger partial charge < -0.3 is 10.1 Å². The second-order valence-corrected chi connectivity index (χ2v) is 8.71. The van der Waals surface area contributed by atoms with Crippen LogP contribution in [-0.2, 0) is 24.6 Å². The van der Waals surface area contributed by atoms with Crippen LogP contribution < -0.4 is 5.32 Å². The minimum absolute atomic E-state index is 0.158. The molecule has 9 heteroatoms. The van der Waals surface area contributed by atoms with Crippen molar-refractivity contribution in [3.8, 4) is 0 Å². The first-order valence-corrected chi connectivity index (χ1v) is 8.82. The molecule has 1 aliphatic rings. The molecule has 0 spiro atoms. The van der Waals surface area contributed by atoms with Crippen molar-refractivity contribution in [2.75, 3.05) is 44.6 Å². The number of nitrogens with one attached hydrogen (secondary N) is 1. The first kappa shape index (κ1) is 14.8. The standard InChI is InChI=1S/C8H18N2O5S2/c1-10(6-8-5-9-3-4-15-8)17(13,14)7-16(2,11)12/h8-9H,3-7H2,1-2H3. The van der Waals surface area contributed by atoms with E-state index in [1.807, 2.05) is 0 Å². The van der Waals surface area contributed by atoms with E-state index in [0.29, 0.717) is 13.2 Å². The summed E-state index contributed by atoms with van der Waals surface area (Å²) in [4.78, 5) is 0. The molecule has 1 unspecified atom stereocenters. The molecule has 102 valence electrons. The van der Waals surface area contributed by atoms with Crippen LogP contribution in [0.2, 0.25) is 0 Å². The SMILES string of the molecule is CN(CC1CNCCO1)S(=O)(=O)CS(C)(=O)=O. The Bertz CT molecular complexity index is 439. The Hall–Kier alpha value is -0.220. The molecule has 0 aliphatic carbocycles. The molecule has 0 aromatic rings. The third kappa shape index (κ3) is 5.30. The van der Waals surface area contributed by atoms with E-state index in [2.05, 4.69) is 5.32 Å². The van der Waals surface area contributed by atoms with Gasteiger partial charge in [0.1, 0.15) is 0 Å². The first-order chi connectivity index (χ1) is 7.71. The summed E-state index contributed by atoms with van der Waals surface area (Å²) in [5.41, 5.74) is 0. The summed E-state index contributed by atoms with van der Waals surface area (Å²) in [6, 6.07) is 0. The Balaban J connectivity index is 2.59. The summed E-state index contributed by atoms with van der Waals surface area (Å²) < 4.78 is 51.8. The van der Waals surface area contributed by atoms with Gasteiger partial charge in [0, 0.05) is 32.9 Å². The van der Waals surface area contributed by atoms with Gasteiger partial charge in [-0.1, -0.05) is 0 Å². The van der Waals surface area contributed by atoms with Crippen LogP contribution in [0.1, 0.15) is 0 Å². The summed E-state index contributed by atoms with van der Waals surface area (Å²) in [6.45, 7) is 2.00. The molecule has 0 saturated carbocycles. The fourth-order valence-electron chi connectivity index (χ4n) is 1.50. The lowest BCUT2D eigenvalue weighted by atomic mass is 10.3. The highest BCUT2D eigenvalue weighted by atomic mass is 32.3. The molecule has 1 fully saturated rings. The molecular weight excluding hydrogens is 268 g/mol. The fraction of sp³-hybridized carbons (Fsp3) is 1.00. The number of hydrogen-bond donors (Lipinski definition) is 1. The van der Waals surface area contributed by atoms with E-state index in [9.17, 15) is 16.8 Å². The van der Waals surface area contributed by atoms with Gasteiger partial charge in [-0.25, -0.2) is 21.1 Å². The van der Waals surface area contributed by atoms with Crippen LogP contribution in [0.25, 0.3) is 0 Å². The van der Waals surface area contributed by atoms with E-state index < -0.39 is 24.9 Å². The van der Waals surface area contributed by atoms with Crippen LogP contribution in [-0.4, -0.2) is 71.9 Å². The number of morpholine rings is 1. The molecule has 1 rings (SSSR count). The van der Waals surface area contributed by atoms with Gasteiger partial charge in [0.05, 0.1) is 12.7 Å². The summed E-state index contributed by atoms with van der Waals surface area (Å²) in [7, 11) is -5.97. The molecule has 1 N–H and O–H groups in total. The van der Waals surface area contributed by atoms with Gasteiger partial charge in [-0.15, -0.1) is 0 Å². The lowest BCUT2D eigenvalue weighted by Gasteiger charge is -2.27. The van der Waals surface area contributed by atoms with Crippen LogP contribution in [0.5, 0.6) is 0 Å². The van der Waals surface area contributed by atoms with Crippen molar-refractivity contribution < 1.29 is 21.6 Å². The number of ether oxygens (including phenoxy) is 1. The van der Waals surface area contributed by atoms with Gasteiger partial charge in [-0.05, 0) is 0 Å². The topological polar surface area (TPSA) is 92.8 Å². The number of hydrogen-bond acceptors (Lipinski definition) is 6. The predicted octanol–water partition coefficient (Wildman–Crippen LogP) is -1.76. The maximum Gasteiger partial charge on any atom is 0.228 e. The molecule has 0 radical (unpaired) electrons. The average molecular weight is 286 g/mol. The van der Waals surface area contributed by atoms with E-state index in [1.165, 1.54) is 7.05 Å². The minimum atomic E-state index is -3.78. The monoisotopic (exact) mass is 286 g/mol. The highest BCUT2D eigenvalue weighted by molar-refractivity contribution is 8.06. The zero-order valence-corrected chi connectivity index (χ0v) is 11.6. The molecule has 17 heavy (non-hydrogen) atoms. The third-order valence-electron chi connectivity index (χ3n) is 2.30. The molecule has 7 nitrogen and oxygen atoms in total. The third-order valence-corrected chi connectivity index (χ3v) is 6.31. The van der Waals surface area contributed by atoms with E-state index in [1.54, 1.807) is 0 Å². The zero-order valence-electron chi connectivity index (χ0n) is 9.92. The molecule has 1 aliphatic heterocycles. The van der Waals surface area contributed by atoms with Crippen molar-refractivity contribution >= 4 is 19.9 Å². The largest absolute Gasteiger partial charge is 0.374 e. The normalized spacial score (nSPS) is 22.9. The summed E-state index contributed by atoms with van der Waals surface area (Å²) in [6.07, 6.45) is 0.667. The Kier molecular flexibility index (Phi) is 4.90. The molecule has 0 bridgehead atoms. The molecule has 1 atom stereocenters. The Labute approximate surface area is 102 Å². The average Bonchev–Trinajstić information content (AvgIpc) is 2.15. The molecule has 1 saturated heterocycles. The minimum Gasteiger partial charge on any atom is -0.374 e. The molecule has 0 aromatic carbocycles. The maximum absolute atomic E-state index is 11.7. The van der Waals surface area contributed by atoms with Crippen LogP contribution in [0, 0.1) is 0 Å². The quantitative estimate of drug-likeness (QED) is 0.643. The van der Waals surface area contributed by atoms with E-state index >= 15 is 0 Å². The van der Waals surface area contributed by atoms with Gasteiger partial charge in [0.15, 0.2) is 14.9 Å². The summed E-state index contributed by atoms with van der Waals surface area (Å²) >= 11 is 0. The molecular formula is C8H18N2O5S2. The van der Waals surface area contributed by atoms with Crippen LogP contribution >= 0.6 is 0 Å². The van der Waals surface area contributed by atoms with Crippen molar-refractivity contribution in [2.45, 2.75) is 6.10 Å². The number of likely N-dealkylation sites (N-methyl/N-ethyl adjacent to an activating group) is 1. The number of rotatable bonds is 5. The first-order valence-electron chi connectivity index (χ1n) is 5.15. The lowest BCUT2D eigenvalue weighted by molar-refractivity contribution is 0.0207. The Morgan fingerprint density at radius 2 is 2.00 bits per heavy atom. The number of nitrogens with zero attached hydrogens (tertiary/aromatic N) is 1. The highest BCUT2D eigenvalue weighted by Gasteiger charge is 2.26. The number of sulfone groups is 1. The smallest absolute Gasteiger partial charge is 0.228 e. The lowest BCUT2D eigenvalue weighted by Crippen LogP contribution is -2.46. The van der Waals surface area contributed by atoms with Gasteiger partial charge in [0.2, 0.25) is 10.0 Å². The summed E-state index contributed by atoms with van der Waals surface area (Å²) in [5.74, 6) is 0. The van der Waals surface area contributed by atoms with Gasteiger partial charge in [0.25, 0.3) is 0 Å². The van der Waals surface area contributed by atoms with Crippen molar-refractivity contribution in [3.05, 3.63) is 0 Å². The van der Waals surface area contributed by atoms with Gasteiger partial charge in [-0.2, -0.15) is 0 Å². The van der Waals surface area contributed by atoms with Gasteiger partial charge in [-0.3, -0.25) is 0 Å². The van der Waals surface area contributed by atoms with Gasteiger partial charge >= 0.3 is 0 Å². The van der Waals surface area contributed by atoms with Crippen LogP contribution in [0.4, 0.5) is 0 Å². The Morgan fingerprint density at radius 1 is 1.35 bits per heavy atom. The van der Waals surface area contributed by atoms with E-state index in [0.717, 1.165) is 17.1 Å². The molecule has 0 amide bonds. The predicted molar refractivity (Wildman–Crippen MR) is 63.9 cm³/mol. The second kappa shape index (κ2) is 5.61. The second-order valence-electron chi connectivity index (χ2n) is 4.13. The van der Waals surface area contributed by atoms with Crippen LogP contribution in [0.15, 0.2) is 0 Å². The van der Waals surface area contributed by atoms with Crippen molar-refractivity contribution in [2.24, 2.45) is 0 Å². The molecule has 0 aromatic heterocycles. The van der Waals surface area contributed by atoms with Crippen LogP contribution in [0.3, 0.4) is 0 Å². The van der Waals surface area contributed by atoms with Crippen molar-refractivity contribution in [1.82, 2.24) is 9.62 Å². The summed E-state index contributed by atoms with van der Waals surface area (Å²) in [5, 5.41) is 2.21. The highest BCUT2D eigenvalue weighted by Crippen LogP contribution is 2.06. The van der Waals surface area contributed by atoms with Crippen molar-refractivity contribution in [1.29, 1.82) is 0 Å². The van der Waals surface area contributed by atoms with Crippen molar-refractivity contribution in [3.63, 3.8) is 0 Å². The van der Waals surface area contributed by atoms with E-state index in [4.69, 9.17) is 4.74 Å². The van der Waals surface area contributed by atoms with E-state index in [-0.39, 0.29) is 12.6 Å².